The van der Waals surface area contributed by atoms with Gasteiger partial charge in [-0.25, -0.2) is 9.37 Å². The minimum atomic E-state index is -0.930. The van der Waals surface area contributed by atoms with Crippen LogP contribution < -0.4 is 0 Å². The second-order valence-electron chi connectivity index (χ2n) is 2.76. The zero-order valence-electron chi connectivity index (χ0n) is 7.27. The molecular weight excluding hydrogens is 175 g/mol. The fourth-order valence-electron chi connectivity index (χ4n) is 1.10. The van der Waals surface area contributed by atoms with Gasteiger partial charge in [-0.15, -0.1) is 0 Å². The number of aryl methyl sites for hydroxylation is 1. The highest BCUT2D eigenvalue weighted by Crippen LogP contribution is 2.14. The number of halogens is 1. The van der Waals surface area contributed by atoms with Gasteiger partial charge in [-0.3, -0.25) is 4.79 Å². The number of hydrogen-bond donors (Lipinski definition) is 1. The number of imidazole rings is 1. The first kappa shape index (κ1) is 9.70. The SMILES string of the molecule is CC(C(=O)O)c1cncn1CCF. The molecule has 1 rings (SSSR count). The molecule has 0 aliphatic rings. The van der Waals surface area contributed by atoms with Crippen LogP contribution in [-0.2, 0) is 11.3 Å². The van der Waals surface area contributed by atoms with E-state index >= 15 is 0 Å². The lowest BCUT2D eigenvalue weighted by atomic mass is 10.1. The first-order valence-electron chi connectivity index (χ1n) is 3.95. The smallest absolute Gasteiger partial charge is 0.312 e. The van der Waals surface area contributed by atoms with Gasteiger partial charge >= 0.3 is 5.97 Å². The maximum atomic E-state index is 12.0. The highest BCUT2D eigenvalue weighted by atomic mass is 19.1. The van der Waals surface area contributed by atoms with Crippen molar-refractivity contribution in [1.82, 2.24) is 9.55 Å². The normalized spacial score (nSPS) is 12.8. The molecule has 0 fully saturated rings. The molecule has 13 heavy (non-hydrogen) atoms. The molecule has 0 saturated heterocycles. The molecule has 1 unspecified atom stereocenters. The van der Waals surface area contributed by atoms with E-state index in [0.29, 0.717) is 5.69 Å². The van der Waals surface area contributed by atoms with E-state index < -0.39 is 18.6 Å². The van der Waals surface area contributed by atoms with E-state index in [9.17, 15) is 9.18 Å². The minimum absolute atomic E-state index is 0.160. The molecule has 0 radical (unpaired) electrons. The fourth-order valence-corrected chi connectivity index (χ4v) is 1.10. The Morgan fingerprint density at radius 1 is 1.85 bits per heavy atom. The first-order chi connectivity index (χ1) is 6.16. The van der Waals surface area contributed by atoms with Crippen molar-refractivity contribution in [3.8, 4) is 0 Å². The van der Waals surface area contributed by atoms with Crippen LogP contribution in [0.2, 0.25) is 0 Å². The molecule has 1 N–H and O–H groups in total. The van der Waals surface area contributed by atoms with Gasteiger partial charge in [-0.2, -0.15) is 0 Å². The molecule has 1 aromatic rings. The lowest BCUT2D eigenvalue weighted by Crippen LogP contribution is -2.13. The molecule has 72 valence electrons. The van der Waals surface area contributed by atoms with E-state index in [-0.39, 0.29) is 6.54 Å². The van der Waals surface area contributed by atoms with Crippen molar-refractivity contribution in [2.75, 3.05) is 6.67 Å². The number of aromatic nitrogens is 2. The highest BCUT2D eigenvalue weighted by molar-refractivity contribution is 5.74. The lowest BCUT2D eigenvalue weighted by molar-refractivity contribution is -0.138. The van der Waals surface area contributed by atoms with Crippen molar-refractivity contribution in [2.24, 2.45) is 0 Å². The molecule has 4 nitrogen and oxygen atoms in total. The predicted molar refractivity (Wildman–Crippen MR) is 44.3 cm³/mol. The molecule has 1 atom stereocenters. The molecular formula is C8H11FN2O2. The number of alkyl halides is 1. The lowest BCUT2D eigenvalue weighted by Gasteiger charge is -2.08. The number of rotatable bonds is 4. The largest absolute Gasteiger partial charge is 0.481 e. The van der Waals surface area contributed by atoms with Crippen molar-refractivity contribution in [2.45, 2.75) is 19.4 Å². The van der Waals surface area contributed by atoms with Gasteiger partial charge in [0.15, 0.2) is 0 Å². The molecule has 1 heterocycles. The molecule has 0 spiro atoms. The summed E-state index contributed by atoms with van der Waals surface area (Å²) >= 11 is 0. The van der Waals surface area contributed by atoms with Crippen LogP contribution in [0.25, 0.3) is 0 Å². The monoisotopic (exact) mass is 186 g/mol. The van der Waals surface area contributed by atoms with Crippen LogP contribution in [0.3, 0.4) is 0 Å². The number of carbonyl (C=O) groups is 1. The molecule has 0 aliphatic carbocycles. The number of hydrogen-bond acceptors (Lipinski definition) is 2. The summed E-state index contributed by atoms with van der Waals surface area (Å²) in [6, 6.07) is 0. The van der Waals surface area contributed by atoms with Crippen molar-refractivity contribution in [1.29, 1.82) is 0 Å². The summed E-state index contributed by atoms with van der Waals surface area (Å²) in [4.78, 5) is 14.4. The van der Waals surface area contributed by atoms with E-state index in [2.05, 4.69) is 4.98 Å². The van der Waals surface area contributed by atoms with Gasteiger partial charge in [0.05, 0.1) is 24.5 Å². The quantitative estimate of drug-likeness (QED) is 0.764. The molecule has 5 heteroatoms. The summed E-state index contributed by atoms with van der Waals surface area (Å²) in [7, 11) is 0. The third-order valence-corrected chi connectivity index (χ3v) is 1.88. The summed E-state index contributed by atoms with van der Waals surface area (Å²) in [5.74, 6) is -1.57. The average Bonchev–Trinajstić information content (AvgIpc) is 2.52. The standard InChI is InChI=1S/C8H11FN2O2/c1-6(8(12)13)7-4-10-5-11(7)3-2-9/h4-6H,2-3H2,1H3,(H,12,13). The maximum absolute atomic E-state index is 12.0. The number of aliphatic carboxylic acids is 1. The Morgan fingerprint density at radius 3 is 3.08 bits per heavy atom. The summed E-state index contributed by atoms with van der Waals surface area (Å²) in [5, 5.41) is 8.71. The van der Waals surface area contributed by atoms with E-state index in [0.717, 1.165) is 0 Å². The van der Waals surface area contributed by atoms with Crippen LogP contribution in [0.1, 0.15) is 18.5 Å². The highest BCUT2D eigenvalue weighted by Gasteiger charge is 2.17. The third kappa shape index (κ3) is 2.05. The summed E-state index contributed by atoms with van der Waals surface area (Å²) in [6.45, 7) is 1.19. The van der Waals surface area contributed by atoms with Gasteiger partial charge in [-0.1, -0.05) is 0 Å². The molecule has 0 amide bonds. The van der Waals surface area contributed by atoms with Gasteiger partial charge in [0.2, 0.25) is 0 Å². The Labute approximate surface area is 75.0 Å². The van der Waals surface area contributed by atoms with Crippen molar-refractivity contribution < 1.29 is 14.3 Å². The van der Waals surface area contributed by atoms with Crippen molar-refractivity contribution in [3.63, 3.8) is 0 Å². The number of nitrogens with zero attached hydrogens (tertiary/aromatic N) is 2. The third-order valence-electron chi connectivity index (χ3n) is 1.88. The van der Waals surface area contributed by atoms with Crippen LogP contribution in [0.5, 0.6) is 0 Å². The Kier molecular flexibility index (Phi) is 3.00. The molecule has 0 saturated carbocycles. The Bertz CT molecular complexity index is 298. The average molecular weight is 186 g/mol. The second-order valence-corrected chi connectivity index (χ2v) is 2.76. The number of carboxylic acid groups (broad SMARTS) is 1. The van der Waals surface area contributed by atoms with E-state index in [1.807, 2.05) is 0 Å². The molecule has 0 aliphatic heterocycles. The topological polar surface area (TPSA) is 55.1 Å². The maximum Gasteiger partial charge on any atom is 0.312 e. The van der Waals surface area contributed by atoms with Crippen LogP contribution >= 0.6 is 0 Å². The van der Waals surface area contributed by atoms with Gasteiger partial charge in [0.25, 0.3) is 0 Å². The Morgan fingerprint density at radius 2 is 2.54 bits per heavy atom. The van der Waals surface area contributed by atoms with Crippen LogP contribution in [0.4, 0.5) is 4.39 Å². The van der Waals surface area contributed by atoms with Gasteiger partial charge in [-0.05, 0) is 6.92 Å². The van der Waals surface area contributed by atoms with Crippen LogP contribution in [0.15, 0.2) is 12.5 Å². The second kappa shape index (κ2) is 4.02. The first-order valence-corrected chi connectivity index (χ1v) is 3.95. The zero-order chi connectivity index (χ0) is 9.84. The molecule has 0 bridgehead atoms. The van der Waals surface area contributed by atoms with Crippen LogP contribution in [-0.4, -0.2) is 27.3 Å². The van der Waals surface area contributed by atoms with Gasteiger partial charge in [0, 0.05) is 6.20 Å². The molecule has 0 aromatic carbocycles. The predicted octanol–water partition coefficient (Wildman–Crippen LogP) is 1.04. The van der Waals surface area contributed by atoms with E-state index in [1.54, 1.807) is 6.92 Å². The minimum Gasteiger partial charge on any atom is -0.481 e. The summed E-state index contributed by atoms with van der Waals surface area (Å²) in [5.41, 5.74) is 0.533. The van der Waals surface area contributed by atoms with E-state index in [1.165, 1.54) is 17.1 Å². The number of carboxylic acids is 1. The van der Waals surface area contributed by atoms with Crippen molar-refractivity contribution in [3.05, 3.63) is 18.2 Å². The summed E-state index contributed by atoms with van der Waals surface area (Å²) in [6.07, 6.45) is 2.89. The fraction of sp³-hybridized carbons (Fsp3) is 0.500. The molecule has 1 aromatic heterocycles. The van der Waals surface area contributed by atoms with Gasteiger partial charge < -0.3 is 9.67 Å². The van der Waals surface area contributed by atoms with Crippen LogP contribution in [0, 0.1) is 0 Å². The van der Waals surface area contributed by atoms with Crippen molar-refractivity contribution >= 4 is 5.97 Å². The Hall–Kier alpha value is -1.39. The zero-order valence-corrected chi connectivity index (χ0v) is 7.27. The summed E-state index contributed by atoms with van der Waals surface area (Å²) < 4.78 is 13.5. The Balaban J connectivity index is 2.86. The van der Waals surface area contributed by atoms with Gasteiger partial charge in [0.1, 0.15) is 6.67 Å². The van der Waals surface area contributed by atoms with E-state index in [4.69, 9.17) is 5.11 Å².